The third-order valence-corrected chi connectivity index (χ3v) is 4.26. The molecule has 0 aliphatic rings. The minimum atomic E-state index is -0.534. The van der Waals surface area contributed by atoms with E-state index in [0.29, 0.717) is 22.4 Å². The first-order valence-corrected chi connectivity index (χ1v) is 9.57. The van der Waals surface area contributed by atoms with E-state index in [1.165, 1.54) is 11.9 Å². The van der Waals surface area contributed by atoms with Crippen molar-refractivity contribution in [1.29, 1.82) is 5.41 Å². The summed E-state index contributed by atoms with van der Waals surface area (Å²) >= 11 is 0. The van der Waals surface area contributed by atoms with Crippen molar-refractivity contribution in [2.75, 3.05) is 20.2 Å². The van der Waals surface area contributed by atoms with E-state index in [1.807, 2.05) is 0 Å². The van der Waals surface area contributed by atoms with Crippen molar-refractivity contribution in [2.45, 2.75) is 13.8 Å². The Morgan fingerprint density at radius 2 is 1.61 bits per heavy atom. The molecule has 0 radical (unpaired) electrons. The van der Waals surface area contributed by atoms with Crippen molar-refractivity contribution in [3.63, 3.8) is 0 Å². The largest absolute Gasteiger partial charge is 0.465 e. The Balaban J connectivity index is 2.01. The molecule has 0 fully saturated rings. The Morgan fingerprint density at radius 1 is 1.03 bits per heavy atom. The lowest BCUT2D eigenvalue weighted by Gasteiger charge is -2.16. The zero-order valence-corrected chi connectivity index (χ0v) is 17.7. The lowest BCUT2D eigenvalue weighted by molar-refractivity contribution is -0.147. The van der Waals surface area contributed by atoms with Crippen LogP contribution in [0, 0.1) is 5.41 Å². The highest BCUT2D eigenvalue weighted by Gasteiger charge is 2.15. The van der Waals surface area contributed by atoms with E-state index in [2.05, 4.69) is 0 Å². The van der Waals surface area contributed by atoms with Crippen LogP contribution >= 0.6 is 0 Å². The molecule has 1 amide bonds. The molecule has 0 heterocycles. The number of benzene rings is 2. The molecule has 8 heteroatoms. The van der Waals surface area contributed by atoms with Crippen LogP contribution in [0.15, 0.2) is 54.1 Å². The Labute approximate surface area is 180 Å². The van der Waals surface area contributed by atoms with Crippen LogP contribution < -0.4 is 10.5 Å². The fraction of sp³-hybridized carbons (Fsp3) is 0.217. The maximum Gasteiger partial charge on any atom is 0.343 e. The third kappa shape index (κ3) is 6.81. The van der Waals surface area contributed by atoms with Gasteiger partial charge in [0.15, 0.2) is 0 Å². The molecule has 2 aromatic rings. The minimum absolute atomic E-state index is 0.0672. The fourth-order valence-corrected chi connectivity index (χ4v) is 2.67. The van der Waals surface area contributed by atoms with Gasteiger partial charge in [0.1, 0.15) is 18.1 Å². The number of amidine groups is 1. The zero-order chi connectivity index (χ0) is 23.0. The summed E-state index contributed by atoms with van der Waals surface area (Å²) in [6, 6.07) is 12.9. The van der Waals surface area contributed by atoms with Gasteiger partial charge >= 0.3 is 11.9 Å². The van der Waals surface area contributed by atoms with E-state index in [0.717, 1.165) is 5.56 Å². The number of ether oxygens (including phenoxy) is 2. The van der Waals surface area contributed by atoms with Crippen molar-refractivity contribution in [2.24, 2.45) is 5.73 Å². The molecule has 2 aromatic carbocycles. The van der Waals surface area contributed by atoms with Gasteiger partial charge in [0.05, 0.1) is 12.2 Å². The van der Waals surface area contributed by atoms with E-state index in [4.69, 9.17) is 20.6 Å². The van der Waals surface area contributed by atoms with Crippen LogP contribution in [0.2, 0.25) is 0 Å². The van der Waals surface area contributed by atoms with Gasteiger partial charge in [-0.25, -0.2) is 4.79 Å². The molecule has 2 rings (SSSR count). The number of hydrogen-bond donors (Lipinski definition) is 2. The van der Waals surface area contributed by atoms with Crippen molar-refractivity contribution in [3.8, 4) is 5.75 Å². The predicted octanol–water partition coefficient (Wildman–Crippen LogP) is 2.61. The monoisotopic (exact) mass is 423 g/mol. The van der Waals surface area contributed by atoms with Gasteiger partial charge in [0.2, 0.25) is 5.91 Å². The highest BCUT2D eigenvalue weighted by molar-refractivity contribution is 5.99. The molecule has 0 saturated carbocycles. The third-order valence-electron chi connectivity index (χ3n) is 4.26. The topological polar surface area (TPSA) is 123 Å². The second-order valence-electron chi connectivity index (χ2n) is 6.74. The number of carbonyl (C=O) groups excluding carboxylic acids is 3. The van der Waals surface area contributed by atoms with Gasteiger partial charge in [-0.3, -0.25) is 15.0 Å². The number of nitrogens with one attached hydrogen (secondary N) is 1. The fourth-order valence-electron chi connectivity index (χ4n) is 2.67. The Morgan fingerprint density at radius 3 is 2.16 bits per heavy atom. The molecule has 3 N–H and O–H groups in total. The average Bonchev–Trinajstić information content (AvgIpc) is 2.74. The number of esters is 2. The van der Waals surface area contributed by atoms with Gasteiger partial charge in [-0.05, 0) is 61.9 Å². The first-order chi connectivity index (χ1) is 14.7. The number of likely N-dealkylation sites (N-methyl/N-ethyl adjacent to an activating group) is 1. The number of carbonyl (C=O) groups is 3. The molecule has 162 valence electrons. The lowest BCUT2D eigenvalue weighted by atomic mass is 10.1. The van der Waals surface area contributed by atoms with Gasteiger partial charge in [0, 0.05) is 18.2 Å². The van der Waals surface area contributed by atoms with Crippen LogP contribution in [-0.4, -0.2) is 48.8 Å². The molecule has 0 saturated heterocycles. The van der Waals surface area contributed by atoms with Crippen LogP contribution in [-0.2, 0) is 14.3 Å². The summed E-state index contributed by atoms with van der Waals surface area (Å²) in [6.45, 7) is 3.48. The second-order valence-corrected chi connectivity index (χ2v) is 6.74. The van der Waals surface area contributed by atoms with Crippen molar-refractivity contribution >= 4 is 29.8 Å². The van der Waals surface area contributed by atoms with Crippen molar-refractivity contribution in [3.05, 3.63) is 70.8 Å². The highest BCUT2D eigenvalue weighted by atomic mass is 16.5. The lowest BCUT2D eigenvalue weighted by Crippen LogP contribution is -2.33. The van der Waals surface area contributed by atoms with Gasteiger partial charge in [0.25, 0.3) is 0 Å². The van der Waals surface area contributed by atoms with E-state index in [1.54, 1.807) is 68.5 Å². The smallest absolute Gasteiger partial charge is 0.343 e. The van der Waals surface area contributed by atoms with E-state index < -0.39 is 11.9 Å². The molecule has 0 aromatic heterocycles. The van der Waals surface area contributed by atoms with Crippen LogP contribution in [0.1, 0.15) is 35.3 Å². The number of hydrogen-bond acceptors (Lipinski definition) is 6. The summed E-state index contributed by atoms with van der Waals surface area (Å²) in [5, 5.41) is 7.37. The van der Waals surface area contributed by atoms with Gasteiger partial charge < -0.3 is 20.1 Å². The normalized spacial score (nSPS) is 10.9. The summed E-state index contributed by atoms with van der Waals surface area (Å²) in [5.74, 6) is -1.03. The van der Waals surface area contributed by atoms with E-state index in [-0.39, 0.29) is 24.9 Å². The quantitative estimate of drug-likeness (QED) is 0.221. The van der Waals surface area contributed by atoms with Crippen LogP contribution in [0.5, 0.6) is 5.75 Å². The van der Waals surface area contributed by atoms with Crippen molar-refractivity contribution < 1.29 is 23.9 Å². The Bertz CT molecular complexity index is 995. The number of amides is 1. The average molecular weight is 423 g/mol. The standard InChI is InChI=1S/C23H25N3O5/c1-4-30-20(27)14-26(3)22(28)15(2)13-16-5-7-18(8-6-16)23(29)31-19-11-9-17(10-12-19)21(24)25/h5-13H,4,14H2,1-3H3,(H3,24,25). The first kappa shape index (κ1) is 23.3. The maximum absolute atomic E-state index is 12.4. The molecule has 0 atom stereocenters. The first-order valence-electron chi connectivity index (χ1n) is 9.57. The molecule has 0 aliphatic heterocycles. The van der Waals surface area contributed by atoms with Gasteiger partial charge in [-0.15, -0.1) is 0 Å². The number of nitrogens with zero attached hydrogens (tertiary/aromatic N) is 1. The number of nitrogen functional groups attached to an aromatic ring is 1. The molecule has 0 spiro atoms. The summed E-state index contributed by atoms with van der Waals surface area (Å²) in [7, 11) is 1.53. The summed E-state index contributed by atoms with van der Waals surface area (Å²) in [6.07, 6.45) is 1.67. The molecular weight excluding hydrogens is 398 g/mol. The predicted molar refractivity (Wildman–Crippen MR) is 117 cm³/mol. The molecular formula is C23H25N3O5. The second kappa shape index (κ2) is 10.7. The number of nitrogens with two attached hydrogens (primary N) is 1. The minimum Gasteiger partial charge on any atom is -0.465 e. The molecule has 0 unspecified atom stereocenters. The Hall–Kier alpha value is -3.94. The van der Waals surface area contributed by atoms with Crippen LogP contribution in [0.3, 0.4) is 0 Å². The summed E-state index contributed by atoms with van der Waals surface area (Å²) < 4.78 is 10.2. The SMILES string of the molecule is CCOC(=O)CN(C)C(=O)C(C)=Cc1ccc(C(=O)Oc2ccc(C(=N)N)cc2)cc1. The summed E-state index contributed by atoms with van der Waals surface area (Å²) in [4.78, 5) is 37.5. The van der Waals surface area contributed by atoms with E-state index in [9.17, 15) is 14.4 Å². The highest BCUT2D eigenvalue weighted by Crippen LogP contribution is 2.16. The zero-order valence-electron chi connectivity index (χ0n) is 17.7. The maximum atomic E-state index is 12.4. The molecule has 0 aliphatic carbocycles. The number of rotatable bonds is 8. The van der Waals surface area contributed by atoms with Crippen molar-refractivity contribution in [1.82, 2.24) is 4.90 Å². The van der Waals surface area contributed by atoms with Gasteiger partial charge in [-0.1, -0.05) is 12.1 Å². The van der Waals surface area contributed by atoms with Crippen LogP contribution in [0.4, 0.5) is 0 Å². The molecule has 31 heavy (non-hydrogen) atoms. The van der Waals surface area contributed by atoms with Crippen LogP contribution in [0.25, 0.3) is 6.08 Å². The molecule has 0 bridgehead atoms. The molecule has 8 nitrogen and oxygen atoms in total. The van der Waals surface area contributed by atoms with Gasteiger partial charge in [-0.2, -0.15) is 0 Å². The Kier molecular flexibility index (Phi) is 8.08. The summed E-state index contributed by atoms with van der Waals surface area (Å²) in [5.41, 5.74) is 7.44. The van der Waals surface area contributed by atoms with E-state index >= 15 is 0 Å².